The van der Waals surface area contributed by atoms with E-state index in [0.29, 0.717) is 0 Å². The van der Waals surface area contributed by atoms with Crippen LogP contribution in [0.3, 0.4) is 0 Å². The molecule has 1 saturated heterocycles. The molecule has 4 rings (SSSR count). The van der Waals surface area contributed by atoms with E-state index < -0.39 is 0 Å². The van der Waals surface area contributed by atoms with Crippen LogP contribution in [0.2, 0.25) is 0 Å². The van der Waals surface area contributed by atoms with Crippen molar-refractivity contribution in [3.63, 3.8) is 0 Å². The summed E-state index contributed by atoms with van der Waals surface area (Å²) < 4.78 is 0. The molecule has 0 spiro atoms. The summed E-state index contributed by atoms with van der Waals surface area (Å²) in [6.07, 6.45) is 1.84. The van der Waals surface area contributed by atoms with Crippen LogP contribution in [-0.4, -0.2) is 10.1 Å². The standard InChI is InChI=1S/C21H21N3S2/c1-13-10-14(2)12-16(11-13)24-20(18-8-7-15(3)26-18)19(23-21(24)25)17-6-4-5-9-22-17/h4-12,19-20H,1-3H3,(H,23,25)/t19-,20-/m1/s1. The largest absolute Gasteiger partial charge is 0.351 e. The first-order chi connectivity index (χ1) is 12.5. The maximum Gasteiger partial charge on any atom is 0.174 e. The molecule has 5 heteroatoms. The van der Waals surface area contributed by atoms with Gasteiger partial charge in [0.25, 0.3) is 0 Å². The van der Waals surface area contributed by atoms with Crippen molar-refractivity contribution in [2.45, 2.75) is 32.9 Å². The fourth-order valence-electron chi connectivity index (χ4n) is 3.62. The Kier molecular flexibility index (Phi) is 4.51. The number of aryl methyl sites for hydroxylation is 3. The molecule has 0 radical (unpaired) electrons. The number of nitrogens with zero attached hydrogens (tertiary/aromatic N) is 2. The molecule has 3 heterocycles. The van der Waals surface area contributed by atoms with Crippen LogP contribution in [0.15, 0.2) is 54.7 Å². The third kappa shape index (κ3) is 3.13. The Hall–Kier alpha value is -2.24. The molecule has 0 aliphatic carbocycles. The summed E-state index contributed by atoms with van der Waals surface area (Å²) in [7, 11) is 0. The van der Waals surface area contributed by atoms with Gasteiger partial charge in [-0.2, -0.15) is 0 Å². The van der Waals surface area contributed by atoms with E-state index in [-0.39, 0.29) is 12.1 Å². The number of thiophene rings is 1. The SMILES string of the molecule is Cc1cc(C)cc(N2C(=S)N[C@H](c3ccccn3)[C@H]2c2ccc(C)s2)c1. The molecule has 3 aromatic rings. The van der Waals surface area contributed by atoms with Crippen LogP contribution in [0.25, 0.3) is 0 Å². The summed E-state index contributed by atoms with van der Waals surface area (Å²) in [5.41, 5.74) is 4.63. The summed E-state index contributed by atoms with van der Waals surface area (Å²) in [5, 5.41) is 4.27. The lowest BCUT2D eigenvalue weighted by atomic mass is 10.0. The zero-order valence-corrected chi connectivity index (χ0v) is 16.7. The highest BCUT2D eigenvalue weighted by Gasteiger charge is 2.41. The van der Waals surface area contributed by atoms with Crippen LogP contribution in [-0.2, 0) is 0 Å². The van der Waals surface area contributed by atoms with Gasteiger partial charge in [-0.3, -0.25) is 4.98 Å². The van der Waals surface area contributed by atoms with Crippen LogP contribution in [0, 0.1) is 20.8 Å². The topological polar surface area (TPSA) is 28.2 Å². The monoisotopic (exact) mass is 379 g/mol. The Morgan fingerprint density at radius 3 is 2.42 bits per heavy atom. The minimum atomic E-state index is 0.0302. The van der Waals surface area contributed by atoms with E-state index in [4.69, 9.17) is 12.2 Å². The van der Waals surface area contributed by atoms with Gasteiger partial charge in [0.1, 0.15) is 0 Å². The van der Waals surface area contributed by atoms with Crippen molar-refractivity contribution in [1.29, 1.82) is 0 Å². The molecule has 1 aliphatic rings. The van der Waals surface area contributed by atoms with Gasteiger partial charge in [-0.1, -0.05) is 12.1 Å². The second kappa shape index (κ2) is 6.82. The Morgan fingerprint density at radius 2 is 1.81 bits per heavy atom. The zero-order valence-electron chi connectivity index (χ0n) is 15.1. The second-order valence-electron chi connectivity index (χ2n) is 6.79. The normalized spacial score (nSPS) is 19.7. The van der Waals surface area contributed by atoms with E-state index in [1.807, 2.05) is 29.7 Å². The molecule has 2 atom stereocenters. The number of anilines is 1. The Morgan fingerprint density at radius 1 is 1.04 bits per heavy atom. The summed E-state index contributed by atoms with van der Waals surface area (Å²) in [4.78, 5) is 9.45. The molecule has 2 aromatic heterocycles. The van der Waals surface area contributed by atoms with Crippen molar-refractivity contribution in [3.05, 3.63) is 81.3 Å². The molecule has 0 bridgehead atoms. The smallest absolute Gasteiger partial charge is 0.174 e. The fraction of sp³-hybridized carbons (Fsp3) is 0.238. The fourth-order valence-corrected chi connectivity index (χ4v) is 4.98. The highest BCUT2D eigenvalue weighted by atomic mass is 32.1. The van der Waals surface area contributed by atoms with Crippen LogP contribution in [0.1, 0.15) is 38.7 Å². The number of pyridine rings is 1. The molecular weight excluding hydrogens is 358 g/mol. The molecule has 0 unspecified atom stereocenters. The first kappa shape index (κ1) is 17.2. The van der Waals surface area contributed by atoms with Gasteiger partial charge in [0.15, 0.2) is 5.11 Å². The van der Waals surface area contributed by atoms with Gasteiger partial charge in [0, 0.05) is 21.6 Å². The Balaban J connectivity index is 1.85. The maximum atomic E-state index is 5.76. The van der Waals surface area contributed by atoms with E-state index in [2.05, 4.69) is 72.4 Å². The lowest BCUT2D eigenvalue weighted by molar-refractivity contribution is 0.575. The molecule has 0 saturated carbocycles. The highest BCUT2D eigenvalue weighted by molar-refractivity contribution is 7.80. The number of hydrogen-bond acceptors (Lipinski definition) is 3. The average molecular weight is 380 g/mol. The van der Waals surface area contributed by atoms with Crippen molar-refractivity contribution in [3.8, 4) is 0 Å². The minimum absolute atomic E-state index is 0.0302. The number of nitrogens with one attached hydrogen (secondary N) is 1. The quantitative estimate of drug-likeness (QED) is 0.630. The van der Waals surface area contributed by atoms with Gasteiger partial charge in [-0.25, -0.2) is 0 Å². The summed E-state index contributed by atoms with van der Waals surface area (Å²) in [5.74, 6) is 0. The van der Waals surface area contributed by atoms with Crippen LogP contribution in [0.4, 0.5) is 5.69 Å². The van der Waals surface area contributed by atoms with Crippen molar-refractivity contribution in [2.24, 2.45) is 0 Å². The number of thiocarbonyl (C=S) groups is 1. The molecular formula is C21H21N3S2. The van der Waals surface area contributed by atoms with E-state index in [0.717, 1.165) is 16.5 Å². The predicted molar refractivity (Wildman–Crippen MR) is 113 cm³/mol. The van der Waals surface area contributed by atoms with Gasteiger partial charge in [0.2, 0.25) is 0 Å². The van der Waals surface area contributed by atoms with Gasteiger partial charge < -0.3 is 10.2 Å². The van der Waals surface area contributed by atoms with Crippen LogP contribution in [0.5, 0.6) is 0 Å². The van der Waals surface area contributed by atoms with Crippen molar-refractivity contribution in [2.75, 3.05) is 4.90 Å². The Bertz CT molecular complexity index is 929. The highest BCUT2D eigenvalue weighted by Crippen LogP contribution is 2.43. The summed E-state index contributed by atoms with van der Waals surface area (Å²) >= 11 is 7.58. The molecule has 1 aliphatic heterocycles. The molecule has 1 aromatic carbocycles. The van der Waals surface area contributed by atoms with Crippen molar-refractivity contribution in [1.82, 2.24) is 10.3 Å². The second-order valence-corrected chi connectivity index (χ2v) is 8.50. The minimum Gasteiger partial charge on any atom is -0.351 e. The van der Waals surface area contributed by atoms with Gasteiger partial charge >= 0.3 is 0 Å². The number of benzene rings is 1. The maximum absolute atomic E-state index is 5.76. The first-order valence-corrected chi connectivity index (χ1v) is 9.91. The zero-order chi connectivity index (χ0) is 18.3. The van der Waals surface area contributed by atoms with E-state index in [1.165, 1.54) is 20.9 Å². The van der Waals surface area contributed by atoms with Crippen LogP contribution >= 0.6 is 23.6 Å². The predicted octanol–water partition coefficient (Wildman–Crippen LogP) is 5.25. The van der Waals surface area contributed by atoms with Gasteiger partial charge in [-0.15, -0.1) is 11.3 Å². The molecule has 1 fully saturated rings. The van der Waals surface area contributed by atoms with Crippen LogP contribution < -0.4 is 10.2 Å². The molecule has 0 amide bonds. The van der Waals surface area contributed by atoms with E-state index in [1.54, 1.807) is 0 Å². The van der Waals surface area contributed by atoms with Crippen molar-refractivity contribution < 1.29 is 0 Å². The van der Waals surface area contributed by atoms with E-state index in [9.17, 15) is 0 Å². The molecule has 3 nitrogen and oxygen atoms in total. The average Bonchev–Trinajstić information content (AvgIpc) is 3.18. The number of hydrogen-bond donors (Lipinski definition) is 1. The molecule has 132 valence electrons. The number of rotatable bonds is 3. The third-order valence-corrected chi connectivity index (χ3v) is 6.02. The lowest BCUT2D eigenvalue weighted by Crippen LogP contribution is -2.29. The van der Waals surface area contributed by atoms with E-state index >= 15 is 0 Å². The summed E-state index contributed by atoms with van der Waals surface area (Å²) in [6, 6.07) is 17.2. The first-order valence-electron chi connectivity index (χ1n) is 8.68. The lowest BCUT2D eigenvalue weighted by Gasteiger charge is -2.27. The van der Waals surface area contributed by atoms with Crippen molar-refractivity contribution >= 4 is 34.4 Å². The molecule has 1 N–H and O–H groups in total. The Labute approximate surface area is 163 Å². The summed E-state index contributed by atoms with van der Waals surface area (Å²) in [6.45, 7) is 6.40. The third-order valence-electron chi connectivity index (χ3n) is 4.64. The van der Waals surface area contributed by atoms with Gasteiger partial charge in [0.05, 0.1) is 17.8 Å². The van der Waals surface area contributed by atoms with Gasteiger partial charge in [-0.05, 0) is 80.5 Å². The number of aromatic nitrogens is 1. The molecule has 26 heavy (non-hydrogen) atoms.